The molecule has 1 N–H and O–H groups in total. The molecule has 1 atom stereocenters. The molecule has 0 saturated carbocycles. The van der Waals surface area contributed by atoms with Gasteiger partial charge in [0.25, 0.3) is 11.7 Å². The molecule has 1 aliphatic heterocycles. The maximum atomic E-state index is 13.2. The van der Waals surface area contributed by atoms with Crippen molar-refractivity contribution in [1.82, 2.24) is 19.2 Å². The molecule has 3 heterocycles. The first-order valence-electron chi connectivity index (χ1n) is 10.8. The van der Waals surface area contributed by atoms with Crippen LogP contribution in [0.15, 0.2) is 48.2 Å². The van der Waals surface area contributed by atoms with Crippen molar-refractivity contribution < 1.29 is 19.4 Å². The summed E-state index contributed by atoms with van der Waals surface area (Å²) in [6, 6.07) is 10.3. The molecule has 3 aromatic rings. The number of Topliss-reactive ketones (excluding diaryl/α,β-unsaturated/α-hetero) is 1. The number of hydrogen-bond donors (Lipinski definition) is 1. The zero-order valence-electron chi connectivity index (χ0n) is 19.5. The van der Waals surface area contributed by atoms with Crippen LogP contribution in [0.4, 0.5) is 0 Å². The summed E-state index contributed by atoms with van der Waals surface area (Å²) in [5, 5.41) is 11.4. The lowest BCUT2D eigenvalue weighted by Gasteiger charge is -2.26. The lowest BCUT2D eigenvalue weighted by Crippen LogP contribution is -2.35. The van der Waals surface area contributed by atoms with E-state index in [1.807, 2.05) is 67.7 Å². The number of aromatic nitrogens is 2. The number of aryl methyl sites for hydroxylation is 2. The van der Waals surface area contributed by atoms with Crippen molar-refractivity contribution >= 4 is 23.1 Å². The number of pyridine rings is 1. The molecule has 4 rings (SSSR count). The third kappa shape index (κ3) is 3.87. The second-order valence-electron chi connectivity index (χ2n) is 8.50. The van der Waals surface area contributed by atoms with Gasteiger partial charge in [0.05, 0.1) is 24.4 Å². The molecule has 0 radical (unpaired) electrons. The molecule has 1 unspecified atom stereocenters. The lowest BCUT2D eigenvalue weighted by atomic mass is 9.96. The van der Waals surface area contributed by atoms with Gasteiger partial charge in [-0.3, -0.25) is 9.59 Å². The normalized spacial score (nSPS) is 18.0. The molecule has 33 heavy (non-hydrogen) atoms. The molecular formula is C25H28N4O4. The first kappa shape index (κ1) is 22.5. The van der Waals surface area contributed by atoms with Gasteiger partial charge in [0.15, 0.2) is 5.76 Å². The van der Waals surface area contributed by atoms with Crippen LogP contribution in [0.3, 0.4) is 0 Å². The number of benzene rings is 1. The Morgan fingerprint density at radius 2 is 1.85 bits per heavy atom. The summed E-state index contributed by atoms with van der Waals surface area (Å²) in [7, 11) is 5.38. The van der Waals surface area contributed by atoms with Crippen LogP contribution in [0.5, 0.6) is 5.75 Å². The Hall–Kier alpha value is -3.65. The molecule has 1 aliphatic rings. The average Bonchev–Trinajstić information content (AvgIpc) is 3.27. The van der Waals surface area contributed by atoms with Crippen LogP contribution in [0, 0.1) is 13.8 Å². The summed E-state index contributed by atoms with van der Waals surface area (Å²) < 4.78 is 7.13. The van der Waals surface area contributed by atoms with Crippen molar-refractivity contribution in [3.05, 3.63) is 70.7 Å². The number of rotatable bonds is 6. The molecule has 172 valence electrons. The van der Waals surface area contributed by atoms with Crippen LogP contribution >= 0.6 is 0 Å². The number of nitrogens with zero attached hydrogens (tertiary/aromatic N) is 4. The molecular weight excluding hydrogens is 420 g/mol. The molecule has 0 bridgehead atoms. The highest BCUT2D eigenvalue weighted by molar-refractivity contribution is 6.46. The topological polar surface area (TPSA) is 87.4 Å². The highest BCUT2D eigenvalue weighted by Crippen LogP contribution is 2.40. The van der Waals surface area contributed by atoms with Gasteiger partial charge in [-0.15, -0.1) is 0 Å². The number of carbonyl (C=O) groups excluding carboxylic acids is 2. The molecule has 1 fully saturated rings. The summed E-state index contributed by atoms with van der Waals surface area (Å²) in [6.45, 7) is 4.68. The van der Waals surface area contributed by atoms with E-state index in [-0.39, 0.29) is 11.3 Å². The second-order valence-corrected chi connectivity index (χ2v) is 8.50. The fourth-order valence-electron chi connectivity index (χ4n) is 4.23. The quantitative estimate of drug-likeness (QED) is 0.354. The SMILES string of the molecule is COc1ccc(C2/C(=C(\O)c3nc4c(C)cccn4c3C)C(=O)C(=O)N2CCN(C)C)cc1. The summed E-state index contributed by atoms with van der Waals surface area (Å²) in [4.78, 5) is 34.3. The van der Waals surface area contributed by atoms with Crippen molar-refractivity contribution in [2.75, 3.05) is 34.3 Å². The average molecular weight is 449 g/mol. The minimum Gasteiger partial charge on any atom is -0.505 e. The van der Waals surface area contributed by atoms with Crippen LogP contribution in [-0.4, -0.2) is 70.3 Å². The van der Waals surface area contributed by atoms with Gasteiger partial charge in [0.2, 0.25) is 0 Å². The Morgan fingerprint density at radius 1 is 1.15 bits per heavy atom. The molecule has 0 spiro atoms. The predicted molar refractivity (Wildman–Crippen MR) is 125 cm³/mol. The van der Waals surface area contributed by atoms with Gasteiger partial charge >= 0.3 is 0 Å². The predicted octanol–water partition coefficient (Wildman–Crippen LogP) is 2.94. The van der Waals surface area contributed by atoms with E-state index >= 15 is 0 Å². The van der Waals surface area contributed by atoms with Crippen LogP contribution in [0.1, 0.15) is 28.6 Å². The van der Waals surface area contributed by atoms with Gasteiger partial charge in [0, 0.05) is 19.3 Å². The maximum absolute atomic E-state index is 13.2. The first-order chi connectivity index (χ1) is 15.7. The Bertz CT molecular complexity index is 1260. The monoisotopic (exact) mass is 448 g/mol. The van der Waals surface area contributed by atoms with Gasteiger partial charge in [0.1, 0.15) is 17.1 Å². The molecule has 1 saturated heterocycles. The van der Waals surface area contributed by atoms with Crippen LogP contribution < -0.4 is 4.74 Å². The number of ketones is 1. The minimum absolute atomic E-state index is 0.0492. The number of fused-ring (bicyclic) bond motifs is 1. The third-order valence-corrected chi connectivity index (χ3v) is 6.07. The fourth-order valence-corrected chi connectivity index (χ4v) is 4.23. The van der Waals surface area contributed by atoms with E-state index in [1.54, 1.807) is 19.2 Å². The van der Waals surface area contributed by atoms with Crippen molar-refractivity contribution in [2.45, 2.75) is 19.9 Å². The molecule has 8 heteroatoms. The number of imidazole rings is 1. The van der Waals surface area contributed by atoms with E-state index in [1.165, 1.54) is 4.90 Å². The Labute approximate surface area is 192 Å². The fraction of sp³-hybridized carbons (Fsp3) is 0.320. The number of hydrogen-bond acceptors (Lipinski definition) is 6. The molecule has 1 amide bonds. The summed E-state index contributed by atoms with van der Waals surface area (Å²) in [5.74, 6) is -0.935. The van der Waals surface area contributed by atoms with Gasteiger partial charge in [-0.05, 0) is 57.3 Å². The van der Waals surface area contributed by atoms with E-state index in [0.29, 0.717) is 41.4 Å². The van der Waals surface area contributed by atoms with E-state index in [9.17, 15) is 14.7 Å². The van der Waals surface area contributed by atoms with E-state index in [2.05, 4.69) is 4.98 Å². The standard InChI is InChI=1S/C25H28N4O4/c1-15-7-6-12-28-16(2)20(26-24(15)28)22(30)19-21(17-8-10-18(33-5)11-9-17)29(14-13-27(3)4)25(32)23(19)31/h6-12,21,30H,13-14H2,1-5H3/b22-19+. The summed E-state index contributed by atoms with van der Waals surface area (Å²) >= 11 is 0. The Balaban J connectivity index is 1.90. The number of aliphatic hydroxyl groups is 1. The highest BCUT2D eigenvalue weighted by atomic mass is 16.5. The van der Waals surface area contributed by atoms with E-state index in [4.69, 9.17) is 4.74 Å². The number of amides is 1. The van der Waals surface area contributed by atoms with Gasteiger partial charge in [-0.25, -0.2) is 4.98 Å². The van der Waals surface area contributed by atoms with Crippen LogP contribution in [0.25, 0.3) is 11.4 Å². The zero-order chi connectivity index (χ0) is 23.9. The number of likely N-dealkylation sites (tertiary alicyclic amines) is 1. The largest absolute Gasteiger partial charge is 0.505 e. The van der Waals surface area contributed by atoms with Crippen molar-refractivity contribution in [3.63, 3.8) is 0 Å². The molecule has 2 aromatic heterocycles. The number of likely N-dealkylation sites (N-methyl/N-ethyl adjacent to an activating group) is 1. The van der Waals surface area contributed by atoms with Crippen molar-refractivity contribution in [3.8, 4) is 5.75 Å². The smallest absolute Gasteiger partial charge is 0.295 e. The first-order valence-corrected chi connectivity index (χ1v) is 10.8. The number of methoxy groups -OCH3 is 1. The summed E-state index contributed by atoms with van der Waals surface area (Å²) in [5.41, 5.74) is 3.39. The van der Waals surface area contributed by atoms with Crippen molar-refractivity contribution in [2.24, 2.45) is 0 Å². The summed E-state index contributed by atoms with van der Waals surface area (Å²) in [6.07, 6.45) is 1.86. The lowest BCUT2D eigenvalue weighted by molar-refractivity contribution is -0.140. The van der Waals surface area contributed by atoms with Crippen LogP contribution in [0.2, 0.25) is 0 Å². The van der Waals surface area contributed by atoms with Crippen LogP contribution in [-0.2, 0) is 9.59 Å². The zero-order valence-corrected chi connectivity index (χ0v) is 19.5. The van der Waals surface area contributed by atoms with E-state index in [0.717, 1.165) is 5.56 Å². The van der Waals surface area contributed by atoms with Gasteiger partial charge < -0.3 is 24.0 Å². The maximum Gasteiger partial charge on any atom is 0.295 e. The number of carbonyl (C=O) groups is 2. The van der Waals surface area contributed by atoms with Gasteiger partial charge in [-0.1, -0.05) is 18.2 Å². The Morgan fingerprint density at radius 3 is 2.45 bits per heavy atom. The van der Waals surface area contributed by atoms with Gasteiger partial charge in [-0.2, -0.15) is 0 Å². The molecule has 8 nitrogen and oxygen atoms in total. The Kier molecular flexibility index (Phi) is 5.95. The molecule has 0 aliphatic carbocycles. The van der Waals surface area contributed by atoms with E-state index < -0.39 is 17.7 Å². The minimum atomic E-state index is -0.721. The number of ether oxygens (including phenoxy) is 1. The highest BCUT2D eigenvalue weighted by Gasteiger charge is 2.46. The third-order valence-electron chi connectivity index (χ3n) is 6.07. The second kappa shape index (κ2) is 8.71. The number of aliphatic hydroxyl groups excluding tert-OH is 1. The molecule has 1 aromatic carbocycles. The van der Waals surface area contributed by atoms with Crippen molar-refractivity contribution in [1.29, 1.82) is 0 Å².